The van der Waals surface area contributed by atoms with Crippen molar-refractivity contribution in [2.24, 2.45) is 0 Å². The van der Waals surface area contributed by atoms with Crippen LogP contribution in [0.25, 0.3) is 0 Å². The molecule has 1 fully saturated rings. The number of allylic oxidation sites excluding steroid dienone is 1. The highest BCUT2D eigenvalue weighted by molar-refractivity contribution is 5.93. The third-order valence-corrected chi connectivity index (χ3v) is 4.97. The van der Waals surface area contributed by atoms with Crippen molar-refractivity contribution in [1.82, 2.24) is 15.3 Å². The molecule has 24 heavy (non-hydrogen) atoms. The fourth-order valence-electron chi connectivity index (χ4n) is 3.52. The zero-order valence-corrected chi connectivity index (χ0v) is 14.4. The third kappa shape index (κ3) is 5.05. The molecular weight excluding hydrogens is 300 g/mol. The molecule has 0 radical (unpaired) electrons. The van der Waals surface area contributed by atoms with E-state index in [0.717, 1.165) is 25.8 Å². The molecule has 1 heterocycles. The number of nitrogens with zero attached hydrogens (tertiary/aromatic N) is 2. The number of nitrogens with one attached hydrogen (secondary N) is 2. The number of hydrogen-bond acceptors (Lipinski definition) is 4. The van der Waals surface area contributed by atoms with E-state index in [9.17, 15) is 4.79 Å². The van der Waals surface area contributed by atoms with Crippen LogP contribution in [0.15, 0.2) is 24.0 Å². The van der Waals surface area contributed by atoms with Gasteiger partial charge in [0, 0.05) is 25.0 Å². The van der Waals surface area contributed by atoms with Crippen LogP contribution < -0.4 is 10.6 Å². The van der Waals surface area contributed by atoms with Crippen molar-refractivity contribution in [1.29, 1.82) is 0 Å². The summed E-state index contributed by atoms with van der Waals surface area (Å²) in [5.41, 5.74) is 2.08. The first kappa shape index (κ1) is 16.9. The first-order chi connectivity index (χ1) is 11.8. The molecule has 130 valence electrons. The molecule has 1 amide bonds. The zero-order valence-electron chi connectivity index (χ0n) is 14.4. The minimum Gasteiger partial charge on any atom is -0.354 e. The second kappa shape index (κ2) is 8.81. The number of anilines is 1. The topological polar surface area (TPSA) is 66.9 Å². The fraction of sp³-hybridized carbons (Fsp3) is 0.632. The van der Waals surface area contributed by atoms with Gasteiger partial charge in [-0.3, -0.25) is 4.79 Å². The van der Waals surface area contributed by atoms with Crippen LogP contribution >= 0.6 is 0 Å². The van der Waals surface area contributed by atoms with Crippen molar-refractivity contribution in [3.63, 3.8) is 0 Å². The second-order valence-electron chi connectivity index (χ2n) is 6.89. The maximum atomic E-state index is 12.2. The van der Waals surface area contributed by atoms with Crippen molar-refractivity contribution < 1.29 is 4.79 Å². The van der Waals surface area contributed by atoms with Crippen LogP contribution in [-0.2, 0) is 0 Å². The van der Waals surface area contributed by atoms with E-state index in [1.54, 1.807) is 12.4 Å². The number of aromatic nitrogens is 2. The van der Waals surface area contributed by atoms with Gasteiger partial charge in [0.25, 0.3) is 5.91 Å². The molecule has 1 saturated carbocycles. The van der Waals surface area contributed by atoms with E-state index in [2.05, 4.69) is 26.7 Å². The molecule has 0 unspecified atom stereocenters. The molecule has 5 nitrogen and oxygen atoms in total. The van der Waals surface area contributed by atoms with Crippen LogP contribution in [0, 0.1) is 0 Å². The average molecular weight is 328 g/mol. The number of rotatable bonds is 6. The number of amides is 1. The van der Waals surface area contributed by atoms with Gasteiger partial charge in [0.1, 0.15) is 0 Å². The highest BCUT2D eigenvalue weighted by Gasteiger charge is 2.17. The smallest absolute Gasteiger partial charge is 0.254 e. The summed E-state index contributed by atoms with van der Waals surface area (Å²) in [4.78, 5) is 20.8. The molecule has 1 aromatic rings. The molecule has 1 aromatic heterocycles. The van der Waals surface area contributed by atoms with E-state index in [0.29, 0.717) is 17.6 Å². The van der Waals surface area contributed by atoms with Crippen molar-refractivity contribution in [2.75, 3.05) is 11.9 Å². The first-order valence-electron chi connectivity index (χ1n) is 9.36. The van der Waals surface area contributed by atoms with Gasteiger partial charge in [-0.25, -0.2) is 9.97 Å². The lowest BCUT2D eigenvalue weighted by Crippen LogP contribution is -2.36. The van der Waals surface area contributed by atoms with Gasteiger partial charge in [-0.2, -0.15) is 0 Å². The monoisotopic (exact) mass is 328 g/mol. The van der Waals surface area contributed by atoms with Gasteiger partial charge in [-0.05, 0) is 44.9 Å². The molecule has 0 spiro atoms. The summed E-state index contributed by atoms with van der Waals surface area (Å²) in [5, 5.41) is 6.34. The Morgan fingerprint density at radius 3 is 2.58 bits per heavy atom. The lowest BCUT2D eigenvalue weighted by Gasteiger charge is -2.22. The van der Waals surface area contributed by atoms with Crippen molar-refractivity contribution in [3.8, 4) is 0 Å². The molecule has 0 aromatic carbocycles. The molecule has 3 rings (SSSR count). The maximum Gasteiger partial charge on any atom is 0.254 e. The van der Waals surface area contributed by atoms with Crippen LogP contribution in [-0.4, -0.2) is 28.5 Å². The molecule has 0 aliphatic heterocycles. The van der Waals surface area contributed by atoms with Gasteiger partial charge < -0.3 is 10.6 Å². The number of carbonyl (C=O) groups is 1. The van der Waals surface area contributed by atoms with Crippen molar-refractivity contribution >= 4 is 11.9 Å². The van der Waals surface area contributed by atoms with E-state index in [1.165, 1.54) is 50.5 Å². The standard InChI is InChI=1S/C19H28N4O/c24-18(23-17-9-5-2-6-10-17)16-13-21-19(22-14-16)20-12-11-15-7-3-1-4-8-15/h7,13-14,17H,1-6,8-12H2,(H,23,24)(H,20,21,22). The first-order valence-corrected chi connectivity index (χ1v) is 9.36. The normalized spacial score (nSPS) is 18.8. The van der Waals surface area contributed by atoms with Gasteiger partial charge in [0.05, 0.1) is 5.56 Å². The predicted octanol–water partition coefficient (Wildman–Crippen LogP) is 3.84. The van der Waals surface area contributed by atoms with Crippen LogP contribution in [0.1, 0.15) is 74.6 Å². The Hall–Kier alpha value is -1.91. The van der Waals surface area contributed by atoms with Gasteiger partial charge in [-0.15, -0.1) is 0 Å². The van der Waals surface area contributed by atoms with Crippen molar-refractivity contribution in [3.05, 3.63) is 29.6 Å². The Bertz CT molecular complexity index is 561. The Morgan fingerprint density at radius 2 is 1.88 bits per heavy atom. The summed E-state index contributed by atoms with van der Waals surface area (Å²) in [6.07, 6.45) is 17.6. The Kier molecular flexibility index (Phi) is 6.21. The molecule has 0 saturated heterocycles. The quantitative estimate of drug-likeness (QED) is 0.779. The van der Waals surface area contributed by atoms with E-state index in [4.69, 9.17) is 0 Å². The summed E-state index contributed by atoms with van der Waals surface area (Å²) >= 11 is 0. The number of hydrogen-bond donors (Lipinski definition) is 2. The summed E-state index contributed by atoms with van der Waals surface area (Å²) in [6, 6.07) is 0.313. The van der Waals surface area contributed by atoms with E-state index in [1.807, 2.05) is 0 Å². The minimum absolute atomic E-state index is 0.0548. The molecule has 2 N–H and O–H groups in total. The zero-order chi connectivity index (χ0) is 16.6. The van der Waals surface area contributed by atoms with E-state index >= 15 is 0 Å². The second-order valence-corrected chi connectivity index (χ2v) is 6.89. The largest absolute Gasteiger partial charge is 0.354 e. The molecule has 5 heteroatoms. The van der Waals surface area contributed by atoms with Gasteiger partial charge in [-0.1, -0.05) is 30.9 Å². The van der Waals surface area contributed by atoms with Crippen LogP contribution in [0.5, 0.6) is 0 Å². The van der Waals surface area contributed by atoms with E-state index in [-0.39, 0.29) is 5.91 Å². The van der Waals surface area contributed by atoms with Gasteiger partial charge >= 0.3 is 0 Å². The lowest BCUT2D eigenvalue weighted by atomic mass is 9.95. The molecular formula is C19H28N4O. The Balaban J connectivity index is 1.44. The van der Waals surface area contributed by atoms with E-state index < -0.39 is 0 Å². The minimum atomic E-state index is -0.0548. The highest BCUT2D eigenvalue weighted by atomic mass is 16.1. The highest BCUT2D eigenvalue weighted by Crippen LogP contribution is 2.20. The lowest BCUT2D eigenvalue weighted by molar-refractivity contribution is 0.0927. The maximum absolute atomic E-state index is 12.2. The Labute approximate surface area is 144 Å². The van der Waals surface area contributed by atoms with Crippen molar-refractivity contribution in [2.45, 2.75) is 70.3 Å². The van der Waals surface area contributed by atoms with Gasteiger partial charge in [0.2, 0.25) is 5.95 Å². The molecule has 2 aliphatic rings. The molecule has 0 atom stereocenters. The summed E-state index contributed by atoms with van der Waals surface area (Å²) in [5.74, 6) is 0.543. The fourth-order valence-corrected chi connectivity index (χ4v) is 3.52. The predicted molar refractivity (Wildman–Crippen MR) is 96.0 cm³/mol. The third-order valence-electron chi connectivity index (χ3n) is 4.97. The average Bonchev–Trinajstić information content (AvgIpc) is 2.64. The van der Waals surface area contributed by atoms with Crippen LogP contribution in [0.4, 0.5) is 5.95 Å². The molecule has 2 aliphatic carbocycles. The van der Waals surface area contributed by atoms with Crippen LogP contribution in [0.2, 0.25) is 0 Å². The summed E-state index contributed by atoms with van der Waals surface area (Å²) in [7, 11) is 0. The Morgan fingerprint density at radius 1 is 1.08 bits per heavy atom. The van der Waals surface area contributed by atoms with Crippen LogP contribution in [0.3, 0.4) is 0 Å². The summed E-state index contributed by atoms with van der Waals surface area (Å²) in [6.45, 7) is 0.847. The SMILES string of the molecule is O=C(NC1CCCCC1)c1cnc(NCCC2=CCCCC2)nc1. The van der Waals surface area contributed by atoms with Gasteiger partial charge in [0.15, 0.2) is 0 Å². The summed E-state index contributed by atoms with van der Waals surface area (Å²) < 4.78 is 0. The molecule has 0 bridgehead atoms. The number of carbonyl (C=O) groups excluding carboxylic acids is 1.